The van der Waals surface area contributed by atoms with Gasteiger partial charge in [-0.05, 0) is 48.9 Å². The van der Waals surface area contributed by atoms with Gasteiger partial charge in [-0.1, -0.05) is 48.2 Å². The first-order chi connectivity index (χ1) is 13.7. The van der Waals surface area contributed by atoms with Gasteiger partial charge in [-0.2, -0.15) is 5.10 Å². The summed E-state index contributed by atoms with van der Waals surface area (Å²) < 4.78 is 0. The molecular weight excluding hydrogens is 368 g/mol. The molecule has 1 heterocycles. The van der Waals surface area contributed by atoms with Crippen molar-refractivity contribution in [2.45, 2.75) is 16.7 Å². The number of amides is 1. The molecule has 1 aliphatic heterocycles. The van der Waals surface area contributed by atoms with Crippen LogP contribution in [0.3, 0.4) is 0 Å². The number of fused-ring (bicyclic) bond motifs is 2. The smallest absolute Gasteiger partial charge is 0.259 e. The summed E-state index contributed by atoms with van der Waals surface area (Å²) in [6.07, 6.45) is 0. The summed E-state index contributed by atoms with van der Waals surface area (Å²) in [6, 6.07) is 24.0. The number of hydrogen-bond donors (Lipinski definition) is 3. The Morgan fingerprint density at radius 2 is 1.71 bits per heavy atom. The van der Waals surface area contributed by atoms with E-state index in [0.717, 1.165) is 28.3 Å². The van der Waals surface area contributed by atoms with Crippen molar-refractivity contribution in [3.05, 3.63) is 78.4 Å². The second-order valence-corrected chi connectivity index (χ2v) is 7.47. The van der Waals surface area contributed by atoms with Crippen LogP contribution >= 0.6 is 11.8 Å². The molecule has 0 aromatic heterocycles. The Morgan fingerprint density at radius 1 is 0.964 bits per heavy atom. The standard InChI is InChI=1S/C22H20N4OS/c1-15(25-26-22(27)14-23-17-7-3-2-4-8-17)16-11-12-21-19(13-16)24-18-9-5-6-10-20(18)28-21/h2-13,23-24H,14H2,1H3,(H,26,27)/b25-15-. The summed E-state index contributed by atoms with van der Waals surface area (Å²) in [5.74, 6) is -0.191. The van der Waals surface area contributed by atoms with Gasteiger partial charge in [0, 0.05) is 15.5 Å². The molecule has 0 radical (unpaired) electrons. The van der Waals surface area contributed by atoms with E-state index in [0.29, 0.717) is 0 Å². The number of nitrogens with one attached hydrogen (secondary N) is 3. The molecule has 6 heteroatoms. The Kier molecular flexibility index (Phi) is 5.30. The van der Waals surface area contributed by atoms with Gasteiger partial charge in [0.2, 0.25) is 0 Å². The Hall–Kier alpha value is -3.25. The lowest BCUT2D eigenvalue weighted by atomic mass is 10.1. The normalized spacial score (nSPS) is 12.4. The Bertz CT molecular complexity index is 1030. The molecule has 140 valence electrons. The zero-order valence-electron chi connectivity index (χ0n) is 15.4. The van der Waals surface area contributed by atoms with Gasteiger partial charge in [-0.25, -0.2) is 5.43 Å². The van der Waals surface area contributed by atoms with Crippen LogP contribution in [0.25, 0.3) is 0 Å². The number of rotatable bonds is 5. The minimum Gasteiger partial charge on any atom is -0.376 e. The van der Waals surface area contributed by atoms with Crippen molar-refractivity contribution in [3.8, 4) is 0 Å². The molecule has 3 aromatic rings. The van der Waals surface area contributed by atoms with E-state index in [2.05, 4.69) is 45.4 Å². The molecule has 3 N–H and O–H groups in total. The SMILES string of the molecule is C/C(=N/NC(=O)CNc1ccccc1)c1ccc2c(c1)Nc1ccccc1S2. The second kappa shape index (κ2) is 8.19. The molecule has 1 aliphatic rings. The first kappa shape index (κ1) is 18.1. The molecule has 0 fully saturated rings. The summed E-state index contributed by atoms with van der Waals surface area (Å²) >= 11 is 1.75. The zero-order valence-corrected chi connectivity index (χ0v) is 16.2. The minimum absolute atomic E-state index is 0.167. The van der Waals surface area contributed by atoms with Crippen LogP contribution in [0.1, 0.15) is 12.5 Å². The van der Waals surface area contributed by atoms with Crippen LogP contribution in [0.4, 0.5) is 17.1 Å². The topological polar surface area (TPSA) is 65.5 Å². The number of para-hydroxylation sites is 2. The third-order valence-corrected chi connectivity index (χ3v) is 5.50. The highest BCUT2D eigenvalue weighted by molar-refractivity contribution is 7.99. The molecule has 1 amide bonds. The maximum atomic E-state index is 12.0. The number of nitrogens with zero attached hydrogens (tertiary/aromatic N) is 1. The van der Waals surface area contributed by atoms with E-state index in [1.54, 1.807) is 11.8 Å². The van der Waals surface area contributed by atoms with Crippen molar-refractivity contribution in [3.63, 3.8) is 0 Å². The van der Waals surface area contributed by atoms with Crippen molar-refractivity contribution in [1.82, 2.24) is 5.43 Å². The van der Waals surface area contributed by atoms with Gasteiger partial charge in [0.25, 0.3) is 5.91 Å². The molecule has 0 atom stereocenters. The third kappa shape index (κ3) is 4.18. The van der Waals surface area contributed by atoms with Crippen LogP contribution in [-0.2, 0) is 4.79 Å². The van der Waals surface area contributed by atoms with E-state index in [1.807, 2.05) is 55.5 Å². The lowest BCUT2D eigenvalue weighted by Gasteiger charge is -2.21. The van der Waals surface area contributed by atoms with E-state index >= 15 is 0 Å². The highest BCUT2D eigenvalue weighted by Gasteiger charge is 2.15. The van der Waals surface area contributed by atoms with E-state index in [9.17, 15) is 4.79 Å². The van der Waals surface area contributed by atoms with Crippen molar-refractivity contribution < 1.29 is 4.79 Å². The summed E-state index contributed by atoms with van der Waals surface area (Å²) in [6.45, 7) is 2.05. The maximum absolute atomic E-state index is 12.0. The number of benzene rings is 3. The van der Waals surface area contributed by atoms with Crippen LogP contribution in [0, 0.1) is 0 Å². The molecular formula is C22H20N4OS. The summed E-state index contributed by atoms with van der Waals surface area (Å²) in [5.41, 5.74) is 7.37. The Morgan fingerprint density at radius 3 is 2.57 bits per heavy atom. The second-order valence-electron chi connectivity index (χ2n) is 6.39. The summed E-state index contributed by atoms with van der Waals surface area (Å²) in [7, 11) is 0. The summed E-state index contributed by atoms with van der Waals surface area (Å²) in [5, 5.41) is 10.8. The molecule has 0 spiro atoms. The highest BCUT2D eigenvalue weighted by Crippen LogP contribution is 2.44. The lowest BCUT2D eigenvalue weighted by Crippen LogP contribution is -2.26. The maximum Gasteiger partial charge on any atom is 0.259 e. The first-order valence-electron chi connectivity index (χ1n) is 8.99. The molecule has 0 bridgehead atoms. The fraction of sp³-hybridized carbons (Fsp3) is 0.0909. The van der Waals surface area contributed by atoms with E-state index in [1.165, 1.54) is 9.79 Å². The minimum atomic E-state index is -0.191. The predicted molar refractivity (Wildman–Crippen MR) is 116 cm³/mol. The van der Waals surface area contributed by atoms with Gasteiger partial charge < -0.3 is 10.6 Å². The van der Waals surface area contributed by atoms with Crippen LogP contribution in [0.15, 0.2) is 87.7 Å². The number of anilines is 3. The van der Waals surface area contributed by atoms with E-state index < -0.39 is 0 Å². The molecule has 0 aliphatic carbocycles. The van der Waals surface area contributed by atoms with Gasteiger partial charge in [0.15, 0.2) is 0 Å². The number of hydrazone groups is 1. The van der Waals surface area contributed by atoms with Crippen molar-refractivity contribution in [2.75, 3.05) is 17.2 Å². The van der Waals surface area contributed by atoms with Gasteiger partial charge in [0.05, 0.1) is 23.6 Å². The molecule has 3 aromatic carbocycles. The number of hydrogen-bond acceptors (Lipinski definition) is 5. The number of carbonyl (C=O) groups excluding carboxylic acids is 1. The van der Waals surface area contributed by atoms with Crippen LogP contribution in [0.5, 0.6) is 0 Å². The van der Waals surface area contributed by atoms with E-state index in [-0.39, 0.29) is 12.5 Å². The Balaban J connectivity index is 1.40. The largest absolute Gasteiger partial charge is 0.376 e. The number of carbonyl (C=O) groups is 1. The fourth-order valence-electron chi connectivity index (χ4n) is 2.85. The van der Waals surface area contributed by atoms with Gasteiger partial charge in [-0.3, -0.25) is 4.79 Å². The summed E-state index contributed by atoms with van der Waals surface area (Å²) in [4.78, 5) is 14.4. The van der Waals surface area contributed by atoms with Gasteiger partial charge in [0.1, 0.15) is 0 Å². The predicted octanol–water partition coefficient (Wildman–Crippen LogP) is 4.85. The van der Waals surface area contributed by atoms with Crippen molar-refractivity contribution in [2.24, 2.45) is 5.10 Å². The zero-order chi connectivity index (χ0) is 19.3. The molecule has 0 saturated carbocycles. The van der Waals surface area contributed by atoms with Gasteiger partial charge in [-0.15, -0.1) is 0 Å². The van der Waals surface area contributed by atoms with Crippen LogP contribution < -0.4 is 16.1 Å². The molecule has 4 rings (SSSR count). The van der Waals surface area contributed by atoms with Crippen LogP contribution in [0.2, 0.25) is 0 Å². The van der Waals surface area contributed by atoms with E-state index in [4.69, 9.17) is 0 Å². The Labute approximate surface area is 168 Å². The molecule has 0 saturated heterocycles. The average Bonchev–Trinajstić information content (AvgIpc) is 2.74. The fourth-order valence-corrected chi connectivity index (χ4v) is 3.82. The molecule has 0 unspecified atom stereocenters. The van der Waals surface area contributed by atoms with Crippen molar-refractivity contribution >= 4 is 40.4 Å². The quantitative estimate of drug-likeness (QED) is 0.338. The first-order valence-corrected chi connectivity index (χ1v) is 9.81. The average molecular weight is 388 g/mol. The van der Waals surface area contributed by atoms with Crippen LogP contribution in [-0.4, -0.2) is 18.2 Å². The molecule has 28 heavy (non-hydrogen) atoms. The third-order valence-electron chi connectivity index (χ3n) is 4.35. The molecule has 5 nitrogen and oxygen atoms in total. The lowest BCUT2D eigenvalue weighted by molar-refractivity contribution is -0.119. The highest BCUT2D eigenvalue weighted by atomic mass is 32.2. The van der Waals surface area contributed by atoms with Crippen molar-refractivity contribution in [1.29, 1.82) is 0 Å². The monoisotopic (exact) mass is 388 g/mol. The van der Waals surface area contributed by atoms with Gasteiger partial charge >= 0.3 is 0 Å².